The average molecular weight is 475 g/mol. The molecular formula is C20H34IN3O2. The smallest absolute Gasteiger partial charge is 0.191 e. The Hall–Kier alpha value is -0.860. The highest BCUT2D eigenvalue weighted by Crippen LogP contribution is 2.43. The minimum absolute atomic E-state index is 0. The number of benzene rings is 1. The Morgan fingerprint density at radius 3 is 2.46 bits per heavy atom. The number of aliphatic imine (C=N–C) groups is 1. The molecule has 0 amide bonds. The monoisotopic (exact) mass is 475 g/mol. The number of nitrogens with zero attached hydrogens (tertiary/aromatic N) is 1. The van der Waals surface area contributed by atoms with Gasteiger partial charge in [0.25, 0.3) is 0 Å². The van der Waals surface area contributed by atoms with Gasteiger partial charge in [0, 0.05) is 39.3 Å². The van der Waals surface area contributed by atoms with E-state index in [1.165, 1.54) is 24.8 Å². The molecule has 0 bridgehead atoms. The Balaban J connectivity index is 0.00000338. The fourth-order valence-corrected chi connectivity index (χ4v) is 3.22. The van der Waals surface area contributed by atoms with E-state index in [0.717, 1.165) is 38.5 Å². The van der Waals surface area contributed by atoms with Crippen LogP contribution in [0.1, 0.15) is 37.7 Å². The van der Waals surface area contributed by atoms with E-state index in [0.29, 0.717) is 13.2 Å². The third-order valence-corrected chi connectivity index (χ3v) is 4.95. The van der Waals surface area contributed by atoms with Gasteiger partial charge in [0.05, 0.1) is 13.2 Å². The molecule has 26 heavy (non-hydrogen) atoms. The first-order valence-corrected chi connectivity index (χ1v) is 9.37. The molecule has 1 aliphatic rings. The Labute approximate surface area is 175 Å². The summed E-state index contributed by atoms with van der Waals surface area (Å²) in [5.41, 5.74) is 1.71. The molecule has 0 atom stereocenters. The van der Waals surface area contributed by atoms with Crippen molar-refractivity contribution in [1.82, 2.24) is 10.6 Å². The van der Waals surface area contributed by atoms with E-state index in [1.54, 1.807) is 7.11 Å². The summed E-state index contributed by atoms with van der Waals surface area (Å²) in [6.07, 6.45) is 5.92. The molecule has 148 valence electrons. The zero-order valence-corrected chi connectivity index (χ0v) is 18.5. The maximum Gasteiger partial charge on any atom is 0.191 e. The fraction of sp³-hybridized carbons (Fsp3) is 0.650. The van der Waals surface area contributed by atoms with Gasteiger partial charge < -0.3 is 20.1 Å². The predicted molar refractivity (Wildman–Crippen MR) is 119 cm³/mol. The summed E-state index contributed by atoms with van der Waals surface area (Å²) in [6, 6.07) is 10.9. The van der Waals surface area contributed by atoms with Crippen molar-refractivity contribution >= 4 is 29.9 Å². The van der Waals surface area contributed by atoms with Crippen molar-refractivity contribution in [2.75, 3.05) is 47.1 Å². The van der Waals surface area contributed by atoms with Gasteiger partial charge in [0.2, 0.25) is 0 Å². The third-order valence-electron chi connectivity index (χ3n) is 4.95. The van der Waals surface area contributed by atoms with Crippen LogP contribution in [-0.4, -0.2) is 53.0 Å². The number of unbranched alkanes of at least 4 members (excludes halogenated alkanes) is 1. The van der Waals surface area contributed by atoms with Crippen LogP contribution >= 0.6 is 24.0 Å². The second kappa shape index (κ2) is 13.3. The standard InChI is InChI=1S/C20H33N3O2.HI/c1-21-19(22-13-6-7-14-25-16-15-24-2)23-17-20(11-8-12-20)18-9-4-3-5-10-18;/h3-5,9-10H,6-8,11-17H2,1-2H3,(H2,21,22,23);1H. The van der Waals surface area contributed by atoms with Crippen LogP contribution in [-0.2, 0) is 14.9 Å². The lowest BCUT2D eigenvalue weighted by molar-refractivity contribution is 0.0689. The summed E-state index contributed by atoms with van der Waals surface area (Å²) in [6.45, 7) is 3.98. The second-order valence-electron chi connectivity index (χ2n) is 6.66. The molecule has 0 spiro atoms. The van der Waals surface area contributed by atoms with Crippen LogP contribution in [0.25, 0.3) is 0 Å². The fourth-order valence-electron chi connectivity index (χ4n) is 3.22. The van der Waals surface area contributed by atoms with E-state index < -0.39 is 0 Å². The lowest BCUT2D eigenvalue weighted by Crippen LogP contribution is -2.49. The quantitative estimate of drug-likeness (QED) is 0.223. The molecule has 0 saturated heterocycles. The number of hydrogen-bond acceptors (Lipinski definition) is 3. The first-order valence-electron chi connectivity index (χ1n) is 9.37. The van der Waals surface area contributed by atoms with Gasteiger partial charge in [-0.1, -0.05) is 36.8 Å². The largest absolute Gasteiger partial charge is 0.382 e. The van der Waals surface area contributed by atoms with Crippen molar-refractivity contribution < 1.29 is 9.47 Å². The first kappa shape index (κ1) is 23.2. The molecular weight excluding hydrogens is 441 g/mol. The zero-order valence-electron chi connectivity index (χ0n) is 16.1. The highest BCUT2D eigenvalue weighted by Gasteiger charge is 2.38. The zero-order chi connectivity index (χ0) is 17.8. The number of halogens is 1. The van der Waals surface area contributed by atoms with E-state index in [2.05, 4.69) is 46.0 Å². The van der Waals surface area contributed by atoms with Gasteiger partial charge in [-0.25, -0.2) is 0 Å². The summed E-state index contributed by atoms with van der Waals surface area (Å²) in [5, 5.41) is 6.92. The van der Waals surface area contributed by atoms with Gasteiger partial charge in [0.15, 0.2) is 5.96 Å². The highest BCUT2D eigenvalue weighted by atomic mass is 127. The molecule has 0 heterocycles. The second-order valence-corrected chi connectivity index (χ2v) is 6.66. The predicted octanol–water partition coefficient (Wildman–Crippen LogP) is 3.33. The molecule has 0 unspecified atom stereocenters. The molecule has 0 radical (unpaired) electrons. The number of rotatable bonds is 11. The van der Waals surface area contributed by atoms with Crippen LogP contribution < -0.4 is 10.6 Å². The molecule has 1 saturated carbocycles. The van der Waals surface area contributed by atoms with Crippen molar-refractivity contribution in [2.24, 2.45) is 4.99 Å². The molecule has 5 nitrogen and oxygen atoms in total. The van der Waals surface area contributed by atoms with E-state index in [1.807, 2.05) is 7.05 Å². The van der Waals surface area contributed by atoms with E-state index in [9.17, 15) is 0 Å². The van der Waals surface area contributed by atoms with Crippen LogP contribution in [0, 0.1) is 0 Å². The van der Waals surface area contributed by atoms with Crippen molar-refractivity contribution in [2.45, 2.75) is 37.5 Å². The minimum atomic E-state index is 0. The summed E-state index contributed by atoms with van der Waals surface area (Å²) in [7, 11) is 3.52. The average Bonchev–Trinajstić information content (AvgIpc) is 2.62. The normalized spacial score (nSPS) is 15.7. The molecule has 0 aliphatic heterocycles. The summed E-state index contributed by atoms with van der Waals surface area (Å²) >= 11 is 0. The first-order chi connectivity index (χ1) is 12.3. The van der Waals surface area contributed by atoms with Gasteiger partial charge in [-0.15, -0.1) is 24.0 Å². The van der Waals surface area contributed by atoms with Gasteiger partial charge in [0.1, 0.15) is 0 Å². The summed E-state index contributed by atoms with van der Waals surface area (Å²) in [4.78, 5) is 4.35. The van der Waals surface area contributed by atoms with Gasteiger partial charge in [-0.2, -0.15) is 0 Å². The maximum absolute atomic E-state index is 5.47. The van der Waals surface area contributed by atoms with Crippen LogP contribution in [0.15, 0.2) is 35.3 Å². The molecule has 1 aromatic carbocycles. The lowest BCUT2D eigenvalue weighted by atomic mass is 9.64. The Morgan fingerprint density at radius 2 is 1.85 bits per heavy atom. The van der Waals surface area contributed by atoms with E-state index in [4.69, 9.17) is 9.47 Å². The SMILES string of the molecule is CN=C(NCCCCOCCOC)NCC1(c2ccccc2)CCC1.I. The molecule has 6 heteroatoms. The van der Waals surface area contributed by atoms with Crippen molar-refractivity contribution in [1.29, 1.82) is 0 Å². The van der Waals surface area contributed by atoms with Crippen LogP contribution in [0.2, 0.25) is 0 Å². The summed E-state index contributed by atoms with van der Waals surface area (Å²) < 4.78 is 10.4. The molecule has 2 N–H and O–H groups in total. The number of ether oxygens (including phenoxy) is 2. The minimum Gasteiger partial charge on any atom is -0.382 e. The van der Waals surface area contributed by atoms with Gasteiger partial charge in [-0.3, -0.25) is 4.99 Å². The van der Waals surface area contributed by atoms with Crippen molar-refractivity contribution in [3.8, 4) is 0 Å². The van der Waals surface area contributed by atoms with Crippen molar-refractivity contribution in [3.05, 3.63) is 35.9 Å². The van der Waals surface area contributed by atoms with E-state index >= 15 is 0 Å². The topological polar surface area (TPSA) is 54.9 Å². The molecule has 1 aliphatic carbocycles. The Kier molecular flexibility index (Phi) is 11.9. The van der Waals surface area contributed by atoms with Gasteiger partial charge in [-0.05, 0) is 31.2 Å². The van der Waals surface area contributed by atoms with Crippen LogP contribution in [0.3, 0.4) is 0 Å². The Bertz CT molecular complexity index is 507. The summed E-state index contributed by atoms with van der Waals surface area (Å²) in [5.74, 6) is 0.891. The number of guanidine groups is 1. The van der Waals surface area contributed by atoms with Gasteiger partial charge >= 0.3 is 0 Å². The number of nitrogens with one attached hydrogen (secondary N) is 2. The Morgan fingerprint density at radius 1 is 1.08 bits per heavy atom. The maximum atomic E-state index is 5.47. The molecule has 0 aromatic heterocycles. The van der Waals surface area contributed by atoms with Crippen LogP contribution in [0.4, 0.5) is 0 Å². The molecule has 1 aromatic rings. The molecule has 2 rings (SSSR count). The van der Waals surface area contributed by atoms with E-state index in [-0.39, 0.29) is 29.4 Å². The number of hydrogen-bond donors (Lipinski definition) is 2. The highest BCUT2D eigenvalue weighted by molar-refractivity contribution is 14.0. The number of methoxy groups -OCH3 is 1. The lowest BCUT2D eigenvalue weighted by Gasteiger charge is -2.43. The van der Waals surface area contributed by atoms with Crippen molar-refractivity contribution in [3.63, 3.8) is 0 Å². The van der Waals surface area contributed by atoms with Crippen LogP contribution in [0.5, 0.6) is 0 Å². The molecule has 1 fully saturated rings. The third kappa shape index (κ3) is 7.40.